The second-order valence-electron chi connectivity index (χ2n) is 6.02. The van der Waals surface area contributed by atoms with E-state index >= 15 is 0 Å². The third kappa shape index (κ3) is 5.78. The number of aryl methyl sites for hydroxylation is 2. The van der Waals surface area contributed by atoms with Crippen LogP contribution in [0.5, 0.6) is 0 Å². The van der Waals surface area contributed by atoms with Crippen LogP contribution in [0, 0.1) is 12.8 Å². The van der Waals surface area contributed by atoms with Crippen molar-refractivity contribution in [1.82, 2.24) is 19.8 Å². The maximum Gasteiger partial charge on any atom is 0.193 e. The Morgan fingerprint density at radius 2 is 2.09 bits per heavy atom. The summed E-state index contributed by atoms with van der Waals surface area (Å²) in [4.78, 5) is 11.0. The molecule has 22 heavy (non-hydrogen) atoms. The van der Waals surface area contributed by atoms with E-state index in [4.69, 9.17) is 0 Å². The molecule has 0 spiro atoms. The minimum atomic E-state index is 0. The second-order valence-corrected chi connectivity index (χ2v) is 6.02. The number of nitrogens with zero attached hydrogens (tertiary/aromatic N) is 4. The van der Waals surface area contributed by atoms with Gasteiger partial charge in [-0.1, -0.05) is 6.92 Å². The molecular formula is C16H30IN5. The first-order valence-corrected chi connectivity index (χ1v) is 8.14. The van der Waals surface area contributed by atoms with Gasteiger partial charge in [0.1, 0.15) is 5.82 Å². The molecule has 126 valence electrons. The Morgan fingerprint density at radius 1 is 1.36 bits per heavy atom. The van der Waals surface area contributed by atoms with Gasteiger partial charge < -0.3 is 14.8 Å². The van der Waals surface area contributed by atoms with Crippen molar-refractivity contribution in [1.29, 1.82) is 0 Å². The fraction of sp³-hybridized carbons (Fsp3) is 0.750. The minimum absolute atomic E-state index is 0. The monoisotopic (exact) mass is 419 g/mol. The molecular weight excluding hydrogens is 389 g/mol. The van der Waals surface area contributed by atoms with Crippen LogP contribution in [0.3, 0.4) is 0 Å². The van der Waals surface area contributed by atoms with Crippen LogP contribution in [0.15, 0.2) is 17.4 Å². The van der Waals surface area contributed by atoms with Crippen LogP contribution < -0.4 is 5.32 Å². The maximum atomic E-state index is 4.41. The smallest absolute Gasteiger partial charge is 0.193 e. The van der Waals surface area contributed by atoms with Crippen LogP contribution in [-0.4, -0.2) is 47.1 Å². The van der Waals surface area contributed by atoms with Crippen LogP contribution in [0.2, 0.25) is 0 Å². The summed E-state index contributed by atoms with van der Waals surface area (Å²) in [5, 5.41) is 3.50. The zero-order valence-corrected chi connectivity index (χ0v) is 16.4. The van der Waals surface area contributed by atoms with E-state index in [0.29, 0.717) is 0 Å². The Hall–Kier alpha value is -0.790. The molecule has 1 aliphatic heterocycles. The third-order valence-electron chi connectivity index (χ3n) is 4.33. The van der Waals surface area contributed by atoms with Gasteiger partial charge in [0.25, 0.3) is 0 Å². The summed E-state index contributed by atoms with van der Waals surface area (Å²) in [7, 11) is 1.88. The van der Waals surface area contributed by atoms with Crippen molar-refractivity contribution in [2.45, 2.75) is 46.1 Å². The molecule has 0 bridgehead atoms. The number of hydrogen-bond donors (Lipinski definition) is 1. The summed E-state index contributed by atoms with van der Waals surface area (Å²) in [6, 6.07) is 0. The summed E-state index contributed by atoms with van der Waals surface area (Å²) in [6.45, 7) is 8.70. The summed E-state index contributed by atoms with van der Waals surface area (Å²) < 4.78 is 2.21. The topological polar surface area (TPSA) is 45.5 Å². The van der Waals surface area contributed by atoms with E-state index < -0.39 is 0 Å². The van der Waals surface area contributed by atoms with Gasteiger partial charge >= 0.3 is 0 Å². The van der Waals surface area contributed by atoms with Crippen molar-refractivity contribution >= 4 is 29.9 Å². The van der Waals surface area contributed by atoms with Gasteiger partial charge in [-0.15, -0.1) is 24.0 Å². The minimum Gasteiger partial charge on any atom is -0.356 e. The van der Waals surface area contributed by atoms with Crippen LogP contribution in [-0.2, 0) is 6.54 Å². The highest BCUT2D eigenvalue weighted by Gasteiger charge is 2.18. The Bertz CT molecular complexity index is 449. The lowest BCUT2D eigenvalue weighted by Gasteiger charge is -2.32. The lowest BCUT2D eigenvalue weighted by atomic mass is 10.00. The molecule has 6 heteroatoms. The molecule has 1 aromatic heterocycles. The number of nitrogens with one attached hydrogen (secondary N) is 1. The number of rotatable bonds is 5. The van der Waals surface area contributed by atoms with E-state index in [-0.39, 0.29) is 24.0 Å². The van der Waals surface area contributed by atoms with Gasteiger partial charge in [-0.2, -0.15) is 0 Å². The van der Waals surface area contributed by atoms with E-state index in [9.17, 15) is 0 Å². The number of guanidine groups is 1. The van der Waals surface area contributed by atoms with Gasteiger partial charge in [-0.05, 0) is 38.5 Å². The molecule has 1 fully saturated rings. The van der Waals surface area contributed by atoms with Crippen LogP contribution >= 0.6 is 24.0 Å². The summed E-state index contributed by atoms with van der Waals surface area (Å²) in [6.07, 6.45) is 8.80. The Kier molecular flexibility index (Phi) is 8.82. The maximum absolute atomic E-state index is 4.41. The molecule has 0 aliphatic carbocycles. The lowest BCUT2D eigenvalue weighted by molar-refractivity contribution is 0.273. The van der Waals surface area contributed by atoms with Crippen molar-refractivity contribution < 1.29 is 0 Å². The van der Waals surface area contributed by atoms with Gasteiger partial charge in [0.15, 0.2) is 5.96 Å². The zero-order valence-electron chi connectivity index (χ0n) is 14.1. The molecule has 0 unspecified atom stereocenters. The summed E-state index contributed by atoms with van der Waals surface area (Å²) in [5.41, 5.74) is 0. The fourth-order valence-electron chi connectivity index (χ4n) is 2.80. The second kappa shape index (κ2) is 10.1. The van der Waals surface area contributed by atoms with E-state index in [1.54, 1.807) is 0 Å². The molecule has 0 saturated carbocycles. The lowest BCUT2D eigenvalue weighted by Crippen LogP contribution is -2.45. The van der Waals surface area contributed by atoms with E-state index in [0.717, 1.165) is 56.7 Å². The third-order valence-corrected chi connectivity index (χ3v) is 4.33. The highest BCUT2D eigenvalue weighted by Crippen LogP contribution is 2.15. The van der Waals surface area contributed by atoms with Crippen molar-refractivity contribution in [2.24, 2.45) is 10.9 Å². The molecule has 2 rings (SSSR count). The highest BCUT2D eigenvalue weighted by atomic mass is 127. The number of aromatic nitrogens is 2. The number of halogens is 1. The quantitative estimate of drug-likeness (QED) is 0.346. The summed E-state index contributed by atoms with van der Waals surface area (Å²) >= 11 is 0. The number of hydrogen-bond acceptors (Lipinski definition) is 2. The molecule has 1 aliphatic rings. The predicted octanol–water partition coefficient (Wildman–Crippen LogP) is 2.90. The van der Waals surface area contributed by atoms with Crippen molar-refractivity contribution in [3.05, 3.63) is 18.2 Å². The van der Waals surface area contributed by atoms with Crippen LogP contribution in [0.1, 0.15) is 38.4 Å². The molecule has 0 amide bonds. The number of imidazole rings is 1. The van der Waals surface area contributed by atoms with Crippen molar-refractivity contribution in [2.75, 3.05) is 26.7 Å². The fourth-order valence-corrected chi connectivity index (χ4v) is 2.80. The molecule has 0 aromatic carbocycles. The average molecular weight is 419 g/mol. The number of piperidine rings is 1. The zero-order chi connectivity index (χ0) is 15.1. The first-order valence-electron chi connectivity index (χ1n) is 8.14. The standard InChI is InChI=1S/C16H29N5.HI/c1-14-6-11-21(12-7-14)16(17-3)19-8-4-5-10-20-13-9-18-15(20)2;/h9,13-14H,4-8,10-12H2,1-3H3,(H,17,19);1H. The number of likely N-dealkylation sites (tertiary alicyclic amines) is 1. The summed E-state index contributed by atoms with van der Waals surface area (Å²) in [5.74, 6) is 3.03. The molecule has 1 saturated heterocycles. The van der Waals surface area contributed by atoms with Gasteiger partial charge in [-0.3, -0.25) is 4.99 Å². The predicted molar refractivity (Wildman–Crippen MR) is 103 cm³/mol. The first kappa shape index (κ1) is 19.3. The Morgan fingerprint density at radius 3 is 2.68 bits per heavy atom. The molecule has 0 atom stereocenters. The normalized spacial score (nSPS) is 16.5. The van der Waals surface area contributed by atoms with E-state index in [1.165, 1.54) is 12.8 Å². The number of unbranched alkanes of at least 4 members (excludes halogenated alkanes) is 1. The van der Waals surface area contributed by atoms with Crippen molar-refractivity contribution in [3.63, 3.8) is 0 Å². The molecule has 1 aromatic rings. The molecule has 2 heterocycles. The number of aliphatic imine (C=N–C) groups is 1. The van der Waals surface area contributed by atoms with Gasteiger partial charge in [0.2, 0.25) is 0 Å². The van der Waals surface area contributed by atoms with Gasteiger partial charge in [0.05, 0.1) is 0 Å². The Balaban J connectivity index is 0.00000242. The van der Waals surface area contributed by atoms with Gasteiger partial charge in [-0.25, -0.2) is 4.98 Å². The van der Waals surface area contributed by atoms with Crippen molar-refractivity contribution in [3.8, 4) is 0 Å². The SMILES string of the molecule is CN=C(NCCCCn1ccnc1C)N1CCC(C)CC1.I. The van der Waals surface area contributed by atoms with E-state index in [1.807, 2.05) is 13.2 Å². The molecule has 1 N–H and O–H groups in total. The van der Waals surface area contributed by atoms with E-state index in [2.05, 4.69) is 44.8 Å². The largest absolute Gasteiger partial charge is 0.356 e. The molecule has 5 nitrogen and oxygen atoms in total. The van der Waals surface area contributed by atoms with Gasteiger partial charge in [0, 0.05) is 45.6 Å². The van der Waals surface area contributed by atoms with Crippen LogP contribution in [0.4, 0.5) is 0 Å². The Labute approximate surface area is 151 Å². The van der Waals surface area contributed by atoms with Crippen LogP contribution in [0.25, 0.3) is 0 Å². The highest BCUT2D eigenvalue weighted by molar-refractivity contribution is 14.0. The average Bonchev–Trinajstić information content (AvgIpc) is 2.89. The first-order chi connectivity index (χ1) is 10.2. The molecule has 0 radical (unpaired) electrons.